The van der Waals surface area contributed by atoms with Crippen LogP contribution in [0.1, 0.15) is 13.8 Å². The van der Waals surface area contributed by atoms with Gasteiger partial charge in [0.25, 0.3) is 0 Å². The van der Waals surface area contributed by atoms with Crippen molar-refractivity contribution < 1.29 is 14.2 Å². The lowest BCUT2D eigenvalue weighted by Gasteiger charge is -2.34. The lowest BCUT2D eigenvalue weighted by Crippen LogP contribution is -2.47. The quantitative estimate of drug-likeness (QED) is 0.569. The van der Waals surface area contributed by atoms with Gasteiger partial charge in [0.15, 0.2) is 5.79 Å². The maximum atomic E-state index is 6.01. The van der Waals surface area contributed by atoms with Crippen LogP contribution in [-0.2, 0) is 14.2 Å². The normalized spacial score (nSPS) is 37.0. The predicted molar refractivity (Wildman–Crippen MR) is 83.7 cm³/mol. The van der Waals surface area contributed by atoms with Crippen LogP contribution < -0.4 is 0 Å². The molecule has 5 heteroatoms. The zero-order valence-corrected chi connectivity index (χ0v) is 13.9. The van der Waals surface area contributed by atoms with Crippen molar-refractivity contribution in [2.75, 3.05) is 6.61 Å². The van der Waals surface area contributed by atoms with E-state index in [9.17, 15) is 0 Å². The molecule has 0 unspecified atom stereocenters. The molecule has 0 bridgehead atoms. The van der Waals surface area contributed by atoms with E-state index in [-0.39, 0.29) is 21.6 Å². The summed E-state index contributed by atoms with van der Waals surface area (Å²) < 4.78 is 18.1. The minimum absolute atomic E-state index is 0.0597. The highest BCUT2D eigenvalue weighted by molar-refractivity contribution is 14.1. The Kier molecular flexibility index (Phi) is 4.11. The van der Waals surface area contributed by atoms with Crippen molar-refractivity contribution in [3.63, 3.8) is 0 Å². The van der Waals surface area contributed by atoms with Crippen LogP contribution in [0.15, 0.2) is 35.2 Å². The fraction of sp³-hybridized carbons (Fsp3) is 0.571. The molecule has 4 atom stereocenters. The highest BCUT2D eigenvalue weighted by Gasteiger charge is 2.50. The molecular formula is C14H17IO3S. The zero-order chi connectivity index (χ0) is 13.5. The molecule has 19 heavy (non-hydrogen) atoms. The Balaban J connectivity index is 1.69. The molecule has 0 aromatic heterocycles. The maximum Gasteiger partial charge on any atom is 0.163 e. The number of rotatable bonds is 2. The number of benzene rings is 1. The highest BCUT2D eigenvalue weighted by atomic mass is 127. The van der Waals surface area contributed by atoms with Crippen LogP contribution in [0.2, 0.25) is 0 Å². The summed E-state index contributed by atoms with van der Waals surface area (Å²) in [6, 6.07) is 10.3. The van der Waals surface area contributed by atoms with E-state index < -0.39 is 5.79 Å². The number of hydrogen-bond donors (Lipinski definition) is 0. The van der Waals surface area contributed by atoms with Crippen molar-refractivity contribution >= 4 is 34.4 Å². The van der Waals surface area contributed by atoms with Crippen molar-refractivity contribution in [3.05, 3.63) is 30.3 Å². The monoisotopic (exact) mass is 392 g/mol. The van der Waals surface area contributed by atoms with E-state index in [2.05, 4.69) is 46.9 Å². The molecule has 1 aromatic carbocycles. The van der Waals surface area contributed by atoms with E-state index in [0.717, 1.165) is 0 Å². The molecule has 0 spiro atoms. The Hall–Kier alpha value is 0.180. The second kappa shape index (κ2) is 5.52. The molecule has 2 saturated heterocycles. The Labute approximate surface area is 131 Å². The molecule has 2 fully saturated rings. The number of halogens is 1. The number of hydrogen-bond acceptors (Lipinski definition) is 4. The van der Waals surface area contributed by atoms with Crippen molar-refractivity contribution in [3.8, 4) is 0 Å². The fourth-order valence-corrected chi connectivity index (χ4v) is 4.70. The van der Waals surface area contributed by atoms with Crippen LogP contribution in [0, 0.1) is 0 Å². The standard InChI is InChI=1S/C14H17IO3S/c1-14(2)17-10-8-16-13(11(15)12(10)18-14)19-9-6-4-3-5-7-9/h3-7,10-13H,8H2,1-2H3/t10-,11-,12-,13-/m1/s1. The molecule has 2 heterocycles. The molecule has 0 saturated carbocycles. The third-order valence-corrected chi connectivity index (χ3v) is 6.27. The minimum Gasteiger partial charge on any atom is -0.363 e. The van der Waals surface area contributed by atoms with Gasteiger partial charge in [-0.25, -0.2) is 0 Å². The predicted octanol–water partition coefficient (Wildman–Crippen LogP) is 3.46. The molecule has 3 rings (SSSR count). The first-order chi connectivity index (χ1) is 9.05. The molecule has 0 radical (unpaired) electrons. The third kappa shape index (κ3) is 3.10. The Morgan fingerprint density at radius 1 is 1.21 bits per heavy atom. The zero-order valence-electron chi connectivity index (χ0n) is 10.9. The molecule has 3 nitrogen and oxygen atoms in total. The topological polar surface area (TPSA) is 27.7 Å². The summed E-state index contributed by atoms with van der Waals surface area (Å²) in [4.78, 5) is 1.23. The van der Waals surface area contributed by atoms with Gasteiger partial charge < -0.3 is 14.2 Å². The number of ether oxygens (including phenoxy) is 3. The highest BCUT2D eigenvalue weighted by Crippen LogP contribution is 2.42. The molecule has 0 N–H and O–H groups in total. The van der Waals surface area contributed by atoms with Crippen molar-refractivity contribution in [2.45, 2.75) is 46.1 Å². The number of fused-ring (bicyclic) bond motifs is 1. The molecule has 2 aliphatic rings. The van der Waals surface area contributed by atoms with Crippen LogP contribution in [0.25, 0.3) is 0 Å². The smallest absolute Gasteiger partial charge is 0.163 e. The van der Waals surface area contributed by atoms with E-state index in [1.165, 1.54) is 4.90 Å². The molecule has 0 aliphatic carbocycles. The van der Waals surface area contributed by atoms with Crippen LogP contribution in [0.4, 0.5) is 0 Å². The van der Waals surface area contributed by atoms with Gasteiger partial charge in [0.2, 0.25) is 0 Å². The summed E-state index contributed by atoms with van der Waals surface area (Å²) in [5, 5.41) is 0. The molecule has 2 aliphatic heterocycles. The third-order valence-electron chi connectivity index (χ3n) is 3.22. The first-order valence-electron chi connectivity index (χ1n) is 6.38. The average Bonchev–Trinajstić information content (AvgIpc) is 2.70. The first kappa shape index (κ1) is 14.1. The lowest BCUT2D eigenvalue weighted by molar-refractivity contribution is -0.146. The SMILES string of the molecule is CC1(C)O[C@H]2[C@@H](I)[C@@H](Sc3ccccc3)OC[C@H]2O1. The van der Waals surface area contributed by atoms with Crippen LogP contribution in [0.3, 0.4) is 0 Å². The Morgan fingerprint density at radius 2 is 1.95 bits per heavy atom. The maximum absolute atomic E-state index is 6.01. The van der Waals surface area contributed by atoms with Crippen molar-refractivity contribution in [2.24, 2.45) is 0 Å². The van der Waals surface area contributed by atoms with Gasteiger partial charge in [0.05, 0.1) is 10.5 Å². The number of alkyl halides is 1. The summed E-state index contributed by atoms with van der Waals surface area (Å²) >= 11 is 4.19. The second-order valence-electron chi connectivity index (χ2n) is 5.22. The lowest BCUT2D eigenvalue weighted by atomic mass is 10.1. The fourth-order valence-electron chi connectivity index (χ4n) is 2.43. The summed E-state index contributed by atoms with van der Waals surface area (Å²) in [7, 11) is 0. The van der Waals surface area contributed by atoms with E-state index >= 15 is 0 Å². The van der Waals surface area contributed by atoms with Crippen molar-refractivity contribution in [1.29, 1.82) is 0 Å². The molecule has 0 amide bonds. The van der Waals surface area contributed by atoms with Gasteiger partial charge >= 0.3 is 0 Å². The minimum atomic E-state index is -0.492. The van der Waals surface area contributed by atoms with Crippen LogP contribution >= 0.6 is 34.4 Å². The van der Waals surface area contributed by atoms with E-state index in [0.29, 0.717) is 6.61 Å². The van der Waals surface area contributed by atoms with E-state index in [1.807, 2.05) is 19.9 Å². The first-order valence-corrected chi connectivity index (χ1v) is 8.51. The molecular weight excluding hydrogens is 375 g/mol. The summed E-state index contributed by atoms with van der Waals surface area (Å²) in [6.45, 7) is 4.54. The Bertz CT molecular complexity index is 440. The summed E-state index contributed by atoms with van der Waals surface area (Å²) in [6.07, 6.45) is 0.176. The van der Waals surface area contributed by atoms with Gasteiger partial charge in [0.1, 0.15) is 17.6 Å². The van der Waals surface area contributed by atoms with Gasteiger partial charge in [-0.2, -0.15) is 0 Å². The second-order valence-corrected chi connectivity index (χ2v) is 7.83. The van der Waals surface area contributed by atoms with Gasteiger partial charge in [-0.05, 0) is 26.0 Å². The van der Waals surface area contributed by atoms with Crippen LogP contribution in [0.5, 0.6) is 0 Å². The summed E-state index contributed by atoms with van der Waals surface area (Å²) in [5.41, 5.74) is 0.113. The van der Waals surface area contributed by atoms with Crippen molar-refractivity contribution in [1.82, 2.24) is 0 Å². The summed E-state index contributed by atoms with van der Waals surface area (Å²) in [5.74, 6) is -0.492. The average molecular weight is 392 g/mol. The molecule has 1 aromatic rings. The van der Waals surface area contributed by atoms with Crippen LogP contribution in [-0.4, -0.2) is 34.0 Å². The van der Waals surface area contributed by atoms with E-state index in [4.69, 9.17) is 14.2 Å². The van der Waals surface area contributed by atoms with Gasteiger partial charge in [-0.1, -0.05) is 52.6 Å². The molecule has 104 valence electrons. The van der Waals surface area contributed by atoms with Gasteiger partial charge in [0, 0.05) is 4.90 Å². The largest absolute Gasteiger partial charge is 0.363 e. The van der Waals surface area contributed by atoms with E-state index in [1.54, 1.807) is 11.8 Å². The number of thioether (sulfide) groups is 1. The van der Waals surface area contributed by atoms with Gasteiger partial charge in [-0.3, -0.25) is 0 Å². The Morgan fingerprint density at radius 3 is 2.68 bits per heavy atom. The van der Waals surface area contributed by atoms with Gasteiger partial charge in [-0.15, -0.1) is 0 Å².